The molecule has 2 aliphatic rings. The smallest absolute Gasteiger partial charge is 0.306 e. The molecule has 214 valence electrons. The van der Waals surface area contributed by atoms with Crippen LogP contribution in [0.4, 0.5) is 21.6 Å². The van der Waals surface area contributed by atoms with Crippen LogP contribution >= 0.6 is 0 Å². The molecule has 0 bridgehead atoms. The van der Waals surface area contributed by atoms with E-state index in [0.717, 1.165) is 50.4 Å². The Kier molecular flexibility index (Phi) is 8.43. The molecule has 3 heterocycles. The molecule has 3 aromatic heterocycles. The quantitative estimate of drug-likeness (QED) is 0.303. The van der Waals surface area contributed by atoms with Crippen molar-refractivity contribution < 1.29 is 18.7 Å². The first-order chi connectivity index (χ1) is 19.2. The summed E-state index contributed by atoms with van der Waals surface area (Å²) in [6.07, 6.45) is 10.0. The van der Waals surface area contributed by atoms with E-state index in [9.17, 15) is 14.0 Å². The molecule has 2 saturated carbocycles. The molecule has 12 heteroatoms. The molecule has 0 aromatic carbocycles. The highest BCUT2D eigenvalue weighted by molar-refractivity contribution is 6.03. The number of carbonyl (C=O) groups is 2. The number of amides is 1. The Morgan fingerprint density at radius 3 is 2.52 bits per heavy atom. The van der Waals surface area contributed by atoms with Crippen molar-refractivity contribution in [2.45, 2.75) is 70.1 Å². The third-order valence-corrected chi connectivity index (χ3v) is 7.27. The van der Waals surface area contributed by atoms with Gasteiger partial charge >= 0.3 is 5.97 Å². The van der Waals surface area contributed by atoms with Crippen LogP contribution in [0.15, 0.2) is 30.7 Å². The van der Waals surface area contributed by atoms with Gasteiger partial charge in [-0.15, -0.1) is 5.10 Å². The number of ether oxygens (including phenoxy) is 1. The summed E-state index contributed by atoms with van der Waals surface area (Å²) in [7, 11) is 3.92. The van der Waals surface area contributed by atoms with Crippen LogP contribution < -0.4 is 16.0 Å². The van der Waals surface area contributed by atoms with Crippen LogP contribution in [0.25, 0.3) is 5.65 Å². The number of halogens is 1. The number of carbonyl (C=O) groups excluding carboxylic acids is 2. The fraction of sp³-hybridized carbons (Fsp3) is 0.536. The second-order valence-corrected chi connectivity index (χ2v) is 11.2. The largest absolute Gasteiger partial charge is 0.461 e. The SMILES string of the molecule is CC(CN(C)C)OC(=O)CC1CCC(Nc2cc(NC3CC3)c3ncc(C(=O)Nc4ccncc4F)n3n2)CC1. The standard InChI is InChI=1S/C28H37FN8O3/c1-17(16-36(2)3)40-26(38)12-18-4-6-20(7-5-18)33-25-13-23(32-19-8-9-19)27-31-15-24(37(27)35-25)28(39)34-22-10-11-30-14-21(22)29/h10-11,13-15,17-20,32H,4-9,12,16H2,1-3H3,(H,33,35)(H,30,34,39). The Hall–Kier alpha value is -3.80. The van der Waals surface area contributed by atoms with E-state index >= 15 is 0 Å². The van der Waals surface area contributed by atoms with Gasteiger partial charge in [0.05, 0.1) is 23.8 Å². The number of aromatic nitrogens is 4. The van der Waals surface area contributed by atoms with E-state index in [1.807, 2.05) is 32.0 Å². The molecule has 5 rings (SSSR count). The van der Waals surface area contributed by atoms with Crippen LogP contribution in [-0.4, -0.2) is 75.2 Å². The zero-order valence-corrected chi connectivity index (χ0v) is 23.2. The molecule has 0 radical (unpaired) electrons. The highest BCUT2D eigenvalue weighted by Gasteiger charge is 2.27. The molecule has 3 N–H and O–H groups in total. The van der Waals surface area contributed by atoms with Gasteiger partial charge < -0.3 is 25.6 Å². The summed E-state index contributed by atoms with van der Waals surface area (Å²) in [5, 5.41) is 14.3. The van der Waals surface area contributed by atoms with Gasteiger partial charge in [-0.1, -0.05) is 0 Å². The average molecular weight is 553 g/mol. The zero-order valence-electron chi connectivity index (χ0n) is 23.2. The second kappa shape index (κ2) is 12.2. The molecular weight excluding hydrogens is 515 g/mol. The summed E-state index contributed by atoms with van der Waals surface area (Å²) in [4.78, 5) is 35.6. The first kappa shape index (κ1) is 27.8. The molecule has 40 heavy (non-hydrogen) atoms. The Bertz CT molecular complexity index is 1350. The summed E-state index contributed by atoms with van der Waals surface area (Å²) < 4.78 is 21.1. The van der Waals surface area contributed by atoms with Crippen LogP contribution in [0, 0.1) is 11.7 Å². The number of imidazole rings is 1. The van der Waals surface area contributed by atoms with Crippen molar-refractivity contribution in [3.63, 3.8) is 0 Å². The summed E-state index contributed by atoms with van der Waals surface area (Å²) in [5.74, 6) is -0.350. The fourth-order valence-corrected chi connectivity index (χ4v) is 5.19. The van der Waals surface area contributed by atoms with Crippen LogP contribution in [-0.2, 0) is 9.53 Å². The number of nitrogens with zero attached hydrogens (tertiary/aromatic N) is 5. The number of hydrogen-bond donors (Lipinski definition) is 3. The van der Waals surface area contributed by atoms with Crippen molar-refractivity contribution in [2.24, 2.45) is 5.92 Å². The number of rotatable bonds is 11. The molecule has 1 atom stereocenters. The fourth-order valence-electron chi connectivity index (χ4n) is 5.19. The number of pyridine rings is 1. The number of anilines is 3. The monoisotopic (exact) mass is 552 g/mol. The lowest BCUT2D eigenvalue weighted by molar-refractivity contribution is -0.150. The maximum Gasteiger partial charge on any atom is 0.306 e. The number of fused-ring (bicyclic) bond motifs is 1. The minimum atomic E-state index is -0.622. The van der Waals surface area contributed by atoms with E-state index in [-0.39, 0.29) is 29.5 Å². The van der Waals surface area contributed by atoms with Gasteiger partial charge in [-0.3, -0.25) is 14.6 Å². The van der Waals surface area contributed by atoms with E-state index in [0.29, 0.717) is 36.4 Å². The van der Waals surface area contributed by atoms with Crippen molar-refractivity contribution in [1.82, 2.24) is 24.5 Å². The van der Waals surface area contributed by atoms with Crippen LogP contribution in [0.1, 0.15) is 62.4 Å². The Morgan fingerprint density at radius 2 is 1.82 bits per heavy atom. The van der Waals surface area contributed by atoms with Gasteiger partial charge in [0.15, 0.2) is 17.2 Å². The van der Waals surface area contributed by atoms with Gasteiger partial charge in [0.1, 0.15) is 11.9 Å². The summed E-state index contributed by atoms with van der Waals surface area (Å²) >= 11 is 0. The van der Waals surface area contributed by atoms with Crippen molar-refractivity contribution in [3.8, 4) is 0 Å². The van der Waals surface area contributed by atoms with Crippen LogP contribution in [0.5, 0.6) is 0 Å². The average Bonchev–Trinajstić information content (AvgIpc) is 3.61. The lowest BCUT2D eigenvalue weighted by Gasteiger charge is -2.29. The molecule has 2 aliphatic carbocycles. The summed E-state index contributed by atoms with van der Waals surface area (Å²) in [6.45, 7) is 2.62. The molecule has 0 aliphatic heterocycles. The molecular formula is C28H37FN8O3. The number of nitrogens with one attached hydrogen (secondary N) is 3. The van der Waals surface area contributed by atoms with Crippen LogP contribution in [0.2, 0.25) is 0 Å². The molecule has 1 unspecified atom stereocenters. The predicted octanol–water partition coefficient (Wildman–Crippen LogP) is 3.94. The number of esters is 1. The lowest BCUT2D eigenvalue weighted by Crippen LogP contribution is -2.30. The van der Waals surface area contributed by atoms with Crippen LogP contribution in [0.3, 0.4) is 0 Å². The highest BCUT2D eigenvalue weighted by Crippen LogP contribution is 2.32. The van der Waals surface area contributed by atoms with Gasteiger partial charge in [-0.05, 0) is 71.5 Å². The van der Waals surface area contributed by atoms with E-state index in [2.05, 4.69) is 31.0 Å². The molecule has 2 fully saturated rings. The maximum absolute atomic E-state index is 14.1. The maximum atomic E-state index is 14.1. The highest BCUT2D eigenvalue weighted by atomic mass is 19.1. The van der Waals surface area contributed by atoms with E-state index in [1.54, 1.807) is 0 Å². The Balaban J connectivity index is 1.25. The number of likely N-dealkylation sites (N-methyl/N-ethyl adjacent to an activating group) is 1. The lowest BCUT2D eigenvalue weighted by atomic mass is 9.84. The van der Waals surface area contributed by atoms with Gasteiger partial charge in [-0.25, -0.2) is 13.9 Å². The third-order valence-electron chi connectivity index (χ3n) is 7.27. The van der Waals surface area contributed by atoms with Crippen molar-refractivity contribution in [3.05, 3.63) is 42.2 Å². The number of hydrogen-bond acceptors (Lipinski definition) is 9. The van der Waals surface area contributed by atoms with Crippen molar-refractivity contribution in [2.75, 3.05) is 36.6 Å². The molecule has 0 saturated heterocycles. The van der Waals surface area contributed by atoms with Gasteiger partial charge in [0.25, 0.3) is 5.91 Å². The van der Waals surface area contributed by atoms with E-state index < -0.39 is 11.7 Å². The molecule has 11 nitrogen and oxygen atoms in total. The Morgan fingerprint density at radius 1 is 1.10 bits per heavy atom. The van der Waals surface area contributed by atoms with E-state index in [4.69, 9.17) is 4.74 Å². The molecule has 1 amide bonds. The predicted molar refractivity (Wildman–Crippen MR) is 150 cm³/mol. The Labute approximate surface area is 232 Å². The first-order valence-corrected chi connectivity index (χ1v) is 13.9. The van der Waals surface area contributed by atoms with E-state index in [1.165, 1.54) is 23.0 Å². The summed E-state index contributed by atoms with van der Waals surface area (Å²) in [6, 6.07) is 3.89. The molecule has 3 aromatic rings. The normalized spacial score (nSPS) is 19.8. The zero-order chi connectivity index (χ0) is 28.2. The van der Waals surface area contributed by atoms with Gasteiger partial charge in [0, 0.05) is 37.3 Å². The minimum absolute atomic E-state index is 0.0355. The van der Waals surface area contributed by atoms with Crippen molar-refractivity contribution in [1.29, 1.82) is 0 Å². The van der Waals surface area contributed by atoms with Crippen molar-refractivity contribution >= 4 is 34.7 Å². The summed E-state index contributed by atoms with van der Waals surface area (Å²) in [5.41, 5.74) is 1.55. The van der Waals surface area contributed by atoms with Gasteiger partial charge in [0.2, 0.25) is 0 Å². The first-order valence-electron chi connectivity index (χ1n) is 13.9. The molecule has 0 spiro atoms. The topological polar surface area (TPSA) is 126 Å². The third kappa shape index (κ3) is 7.04. The second-order valence-electron chi connectivity index (χ2n) is 11.2. The van der Waals surface area contributed by atoms with Gasteiger partial charge in [-0.2, -0.15) is 0 Å². The minimum Gasteiger partial charge on any atom is -0.461 e.